The fourth-order valence-corrected chi connectivity index (χ4v) is 2.34. The molecule has 14 heavy (non-hydrogen) atoms. The van der Waals surface area contributed by atoms with Gasteiger partial charge in [0.1, 0.15) is 0 Å². The zero-order chi connectivity index (χ0) is 10.4. The zero-order valence-corrected chi connectivity index (χ0v) is 9.22. The summed E-state index contributed by atoms with van der Waals surface area (Å²) in [5.74, 6) is 0. The van der Waals surface area contributed by atoms with Gasteiger partial charge in [-0.15, -0.1) is 0 Å². The topological polar surface area (TPSA) is 55.4 Å². The summed E-state index contributed by atoms with van der Waals surface area (Å²) in [6.45, 7) is 2.11. The van der Waals surface area contributed by atoms with Crippen molar-refractivity contribution in [2.45, 2.75) is 38.6 Å². The second-order valence-electron chi connectivity index (χ2n) is 3.36. The van der Waals surface area contributed by atoms with Crippen LogP contribution in [0.2, 0.25) is 0 Å². The smallest absolute Gasteiger partial charge is 0.258 e. The van der Waals surface area contributed by atoms with Crippen LogP contribution in [0.5, 0.6) is 0 Å². The number of allylic oxidation sites excluding steroid dienone is 1. The van der Waals surface area contributed by atoms with Crippen LogP contribution < -0.4 is 4.72 Å². The fourth-order valence-electron chi connectivity index (χ4n) is 1.32. The van der Waals surface area contributed by atoms with Gasteiger partial charge in [-0.25, -0.2) is 0 Å². The Labute approximate surface area is 85.6 Å². The molecule has 0 saturated carbocycles. The van der Waals surface area contributed by atoms with Gasteiger partial charge in [0, 0.05) is 6.04 Å². The van der Waals surface area contributed by atoms with Crippen LogP contribution >= 0.6 is 0 Å². The van der Waals surface area contributed by atoms with E-state index in [4.69, 9.17) is 4.18 Å². The maximum Gasteiger partial charge on any atom is 0.336 e. The van der Waals surface area contributed by atoms with E-state index in [0.717, 1.165) is 19.3 Å². The Morgan fingerprint density at radius 3 is 2.93 bits per heavy atom. The highest BCUT2D eigenvalue weighted by Gasteiger charge is 2.17. The minimum atomic E-state index is -3.54. The van der Waals surface area contributed by atoms with Gasteiger partial charge in [-0.2, -0.15) is 13.1 Å². The molecule has 1 aliphatic carbocycles. The second kappa shape index (κ2) is 5.48. The first-order valence-electron chi connectivity index (χ1n) is 4.97. The molecule has 0 aromatic heterocycles. The molecule has 0 radical (unpaired) electrons. The SMILES string of the molecule is CCCOS(=O)(=O)NC1C=CCCC1. The molecule has 0 saturated heterocycles. The molecule has 0 bridgehead atoms. The number of hydrogen-bond acceptors (Lipinski definition) is 3. The number of hydrogen-bond donors (Lipinski definition) is 1. The Bertz CT molecular complexity index is 284. The van der Waals surface area contributed by atoms with E-state index in [1.54, 1.807) is 0 Å². The van der Waals surface area contributed by atoms with Gasteiger partial charge in [-0.1, -0.05) is 19.1 Å². The van der Waals surface area contributed by atoms with Crippen molar-refractivity contribution < 1.29 is 12.6 Å². The van der Waals surface area contributed by atoms with Crippen LogP contribution in [-0.2, 0) is 14.5 Å². The molecule has 1 rings (SSSR count). The quantitative estimate of drug-likeness (QED) is 0.710. The largest absolute Gasteiger partial charge is 0.336 e. The van der Waals surface area contributed by atoms with Crippen LogP contribution in [0.15, 0.2) is 12.2 Å². The molecule has 5 heteroatoms. The summed E-state index contributed by atoms with van der Waals surface area (Å²) >= 11 is 0. The van der Waals surface area contributed by atoms with Gasteiger partial charge in [0.15, 0.2) is 0 Å². The van der Waals surface area contributed by atoms with E-state index in [1.165, 1.54) is 0 Å². The summed E-state index contributed by atoms with van der Waals surface area (Å²) in [6, 6.07) is -0.0920. The highest BCUT2D eigenvalue weighted by molar-refractivity contribution is 7.84. The van der Waals surface area contributed by atoms with Crippen LogP contribution in [0, 0.1) is 0 Å². The molecule has 0 aromatic carbocycles. The minimum absolute atomic E-state index is 0.0920. The van der Waals surface area contributed by atoms with Crippen molar-refractivity contribution in [1.82, 2.24) is 4.72 Å². The van der Waals surface area contributed by atoms with E-state index in [0.29, 0.717) is 6.42 Å². The average Bonchev–Trinajstić information content (AvgIpc) is 2.16. The lowest BCUT2D eigenvalue weighted by Gasteiger charge is -2.17. The first kappa shape index (κ1) is 11.7. The minimum Gasteiger partial charge on any atom is -0.258 e. The molecule has 0 amide bonds. The van der Waals surface area contributed by atoms with Gasteiger partial charge in [-0.3, -0.25) is 4.18 Å². The maximum atomic E-state index is 11.3. The van der Waals surface area contributed by atoms with Crippen LogP contribution in [0.4, 0.5) is 0 Å². The van der Waals surface area contributed by atoms with Crippen LogP contribution in [0.3, 0.4) is 0 Å². The normalized spacial score (nSPS) is 22.5. The van der Waals surface area contributed by atoms with Gasteiger partial charge >= 0.3 is 10.3 Å². The summed E-state index contributed by atoms with van der Waals surface area (Å²) in [4.78, 5) is 0. The van der Waals surface area contributed by atoms with Gasteiger partial charge in [0.25, 0.3) is 0 Å². The highest BCUT2D eigenvalue weighted by atomic mass is 32.2. The summed E-state index contributed by atoms with van der Waals surface area (Å²) in [5.41, 5.74) is 0. The summed E-state index contributed by atoms with van der Waals surface area (Å²) in [7, 11) is -3.54. The Morgan fingerprint density at radius 1 is 1.57 bits per heavy atom. The second-order valence-corrected chi connectivity index (χ2v) is 4.74. The number of rotatable bonds is 5. The molecule has 0 aliphatic heterocycles. The fraction of sp³-hybridized carbons (Fsp3) is 0.778. The molecule has 1 aliphatic rings. The summed E-state index contributed by atoms with van der Waals surface area (Å²) < 4.78 is 29.8. The van der Waals surface area contributed by atoms with Crippen molar-refractivity contribution in [3.8, 4) is 0 Å². The number of nitrogens with one attached hydrogen (secondary N) is 1. The van der Waals surface area contributed by atoms with Crippen LogP contribution in [0.25, 0.3) is 0 Å². The predicted molar refractivity (Wildman–Crippen MR) is 55.1 cm³/mol. The first-order chi connectivity index (χ1) is 6.64. The zero-order valence-electron chi connectivity index (χ0n) is 8.40. The molecule has 1 N–H and O–H groups in total. The molecular weight excluding hydrogens is 202 g/mol. The Hall–Kier alpha value is -0.390. The van der Waals surface area contributed by atoms with E-state index in [9.17, 15) is 8.42 Å². The molecule has 4 nitrogen and oxygen atoms in total. The standard InChI is InChI=1S/C9H17NO3S/c1-2-8-13-14(11,12)10-9-6-4-3-5-7-9/h4,6,9-10H,2-3,5,7-8H2,1H3. The van der Waals surface area contributed by atoms with Crippen molar-refractivity contribution in [2.75, 3.05) is 6.61 Å². The van der Waals surface area contributed by atoms with Crippen molar-refractivity contribution in [2.24, 2.45) is 0 Å². The monoisotopic (exact) mass is 219 g/mol. The van der Waals surface area contributed by atoms with Crippen molar-refractivity contribution >= 4 is 10.3 Å². The van der Waals surface area contributed by atoms with Gasteiger partial charge in [0.05, 0.1) is 6.61 Å². The van der Waals surface area contributed by atoms with E-state index in [-0.39, 0.29) is 12.6 Å². The lowest BCUT2D eigenvalue weighted by molar-refractivity contribution is 0.307. The van der Waals surface area contributed by atoms with E-state index in [1.807, 2.05) is 19.1 Å². The molecule has 1 atom stereocenters. The lowest BCUT2D eigenvalue weighted by Crippen LogP contribution is -2.35. The van der Waals surface area contributed by atoms with Gasteiger partial charge < -0.3 is 0 Å². The van der Waals surface area contributed by atoms with Crippen molar-refractivity contribution in [3.63, 3.8) is 0 Å². The summed E-state index contributed by atoms with van der Waals surface area (Å²) in [6.07, 6.45) is 7.49. The predicted octanol–water partition coefficient (Wildman–Crippen LogP) is 1.36. The maximum absolute atomic E-state index is 11.3. The molecule has 0 heterocycles. The molecule has 82 valence electrons. The highest BCUT2D eigenvalue weighted by Crippen LogP contribution is 2.11. The van der Waals surface area contributed by atoms with E-state index < -0.39 is 10.3 Å². The van der Waals surface area contributed by atoms with Crippen LogP contribution in [0.1, 0.15) is 32.6 Å². The lowest BCUT2D eigenvalue weighted by atomic mass is 10.0. The Morgan fingerprint density at radius 2 is 2.36 bits per heavy atom. The first-order valence-corrected chi connectivity index (χ1v) is 6.38. The third-order valence-corrected chi connectivity index (χ3v) is 3.06. The summed E-state index contributed by atoms with van der Waals surface area (Å²) in [5, 5.41) is 0. The molecule has 0 spiro atoms. The van der Waals surface area contributed by atoms with E-state index >= 15 is 0 Å². The van der Waals surface area contributed by atoms with Crippen molar-refractivity contribution in [3.05, 3.63) is 12.2 Å². The third-order valence-electron chi connectivity index (χ3n) is 1.99. The Balaban J connectivity index is 2.41. The molecular formula is C9H17NO3S. The molecule has 0 fully saturated rings. The molecule has 1 unspecified atom stereocenters. The average molecular weight is 219 g/mol. The van der Waals surface area contributed by atoms with Gasteiger partial charge in [-0.05, 0) is 25.7 Å². The van der Waals surface area contributed by atoms with Crippen LogP contribution in [-0.4, -0.2) is 21.1 Å². The van der Waals surface area contributed by atoms with E-state index in [2.05, 4.69) is 4.72 Å². The van der Waals surface area contributed by atoms with Crippen molar-refractivity contribution in [1.29, 1.82) is 0 Å². The van der Waals surface area contributed by atoms with Gasteiger partial charge in [0.2, 0.25) is 0 Å². The molecule has 0 aromatic rings. The Kier molecular flexibility index (Phi) is 4.57. The third kappa shape index (κ3) is 4.21.